The van der Waals surface area contributed by atoms with E-state index in [1.165, 1.54) is 6.92 Å². The van der Waals surface area contributed by atoms with Gasteiger partial charge in [0.2, 0.25) is 5.91 Å². The second kappa shape index (κ2) is 9.31. The smallest absolute Gasteiger partial charge is 0.217 e. The Bertz CT molecular complexity index is 660. The minimum absolute atomic E-state index is 0.248. The summed E-state index contributed by atoms with van der Waals surface area (Å²) in [5.74, 6) is 2.26. The molecule has 2 aliphatic rings. The van der Waals surface area contributed by atoms with Gasteiger partial charge in [0.15, 0.2) is 12.6 Å². The van der Waals surface area contributed by atoms with Crippen molar-refractivity contribution in [1.82, 2.24) is 5.32 Å². The molecule has 146 valence electrons. The van der Waals surface area contributed by atoms with Gasteiger partial charge in [-0.2, -0.15) is 0 Å². The molecule has 6 atom stereocenters. The lowest BCUT2D eigenvalue weighted by molar-refractivity contribution is -0.344. The van der Waals surface area contributed by atoms with Gasteiger partial charge in [-0.25, -0.2) is 0 Å². The van der Waals surface area contributed by atoms with Gasteiger partial charge in [0, 0.05) is 18.9 Å². The molecule has 0 bridgehead atoms. The van der Waals surface area contributed by atoms with E-state index >= 15 is 0 Å². The van der Waals surface area contributed by atoms with E-state index in [4.69, 9.17) is 25.4 Å². The Morgan fingerprint density at radius 3 is 2.85 bits per heavy atom. The molecule has 0 aliphatic carbocycles. The van der Waals surface area contributed by atoms with Gasteiger partial charge in [0.05, 0.1) is 13.2 Å². The number of rotatable bonds is 6. The third-order valence-electron chi connectivity index (χ3n) is 4.55. The van der Waals surface area contributed by atoms with Gasteiger partial charge in [-0.05, 0) is 6.42 Å². The summed E-state index contributed by atoms with van der Waals surface area (Å²) >= 11 is 0. The molecule has 1 amide bonds. The summed E-state index contributed by atoms with van der Waals surface area (Å²) in [6, 6.07) is 8.73. The van der Waals surface area contributed by atoms with Crippen LogP contribution < -0.4 is 5.32 Å². The Hall–Kier alpha value is -1.95. The summed E-state index contributed by atoms with van der Waals surface area (Å²) in [5, 5.41) is 13.6. The predicted molar refractivity (Wildman–Crippen MR) is 96.3 cm³/mol. The van der Waals surface area contributed by atoms with Crippen molar-refractivity contribution in [3.63, 3.8) is 0 Å². The quantitative estimate of drug-likeness (QED) is 0.573. The van der Waals surface area contributed by atoms with Gasteiger partial charge < -0.3 is 29.4 Å². The highest BCUT2D eigenvalue weighted by molar-refractivity contribution is 5.73. The van der Waals surface area contributed by atoms with E-state index in [1.807, 2.05) is 30.3 Å². The van der Waals surface area contributed by atoms with Crippen LogP contribution in [0.4, 0.5) is 0 Å². The number of hydrogen-bond acceptors (Lipinski definition) is 6. The van der Waals surface area contributed by atoms with Crippen molar-refractivity contribution in [2.45, 2.75) is 56.7 Å². The maximum Gasteiger partial charge on any atom is 0.217 e. The van der Waals surface area contributed by atoms with Crippen molar-refractivity contribution in [2.75, 3.05) is 13.2 Å². The molecular formula is C20H25NO6. The van der Waals surface area contributed by atoms with E-state index in [1.54, 1.807) is 0 Å². The summed E-state index contributed by atoms with van der Waals surface area (Å²) in [4.78, 5) is 11.6. The van der Waals surface area contributed by atoms with Gasteiger partial charge in [0.1, 0.15) is 24.4 Å². The summed E-state index contributed by atoms with van der Waals surface area (Å²) in [6.45, 7) is 1.99. The number of carbonyl (C=O) groups is 1. The third kappa shape index (κ3) is 4.86. The van der Waals surface area contributed by atoms with Crippen molar-refractivity contribution < 1.29 is 28.8 Å². The number of fused-ring (bicyclic) bond motifs is 1. The topological polar surface area (TPSA) is 86.2 Å². The molecule has 2 N–H and O–H groups in total. The molecule has 0 radical (unpaired) electrons. The lowest BCUT2D eigenvalue weighted by Crippen LogP contribution is -2.66. The summed E-state index contributed by atoms with van der Waals surface area (Å²) in [5.41, 5.74) is 0.854. The number of carbonyl (C=O) groups excluding carboxylic acids is 1. The molecule has 0 spiro atoms. The molecule has 2 heterocycles. The average molecular weight is 375 g/mol. The van der Waals surface area contributed by atoms with Crippen molar-refractivity contribution in [3.05, 3.63) is 35.9 Å². The van der Waals surface area contributed by atoms with Crippen LogP contribution in [0, 0.1) is 12.3 Å². The number of amides is 1. The molecule has 2 fully saturated rings. The van der Waals surface area contributed by atoms with Gasteiger partial charge >= 0.3 is 0 Å². The Kier molecular flexibility index (Phi) is 6.83. The molecule has 1 aromatic carbocycles. The zero-order chi connectivity index (χ0) is 19.2. The van der Waals surface area contributed by atoms with Crippen LogP contribution in [0.2, 0.25) is 0 Å². The molecular weight excluding hydrogens is 350 g/mol. The fraction of sp³-hybridized carbons (Fsp3) is 0.550. The Morgan fingerprint density at radius 1 is 1.37 bits per heavy atom. The molecule has 2 aliphatic heterocycles. The van der Waals surface area contributed by atoms with Crippen LogP contribution >= 0.6 is 0 Å². The molecule has 2 saturated heterocycles. The first-order valence-electron chi connectivity index (χ1n) is 9.08. The number of ether oxygens (including phenoxy) is 4. The van der Waals surface area contributed by atoms with Crippen LogP contribution in [-0.4, -0.2) is 54.9 Å². The second-order valence-corrected chi connectivity index (χ2v) is 6.61. The zero-order valence-electron chi connectivity index (χ0n) is 15.2. The maximum absolute atomic E-state index is 11.6. The van der Waals surface area contributed by atoms with E-state index in [-0.39, 0.29) is 12.5 Å². The van der Waals surface area contributed by atoms with E-state index in [0.29, 0.717) is 19.4 Å². The molecule has 1 aromatic rings. The highest BCUT2D eigenvalue weighted by atomic mass is 16.7. The monoisotopic (exact) mass is 375 g/mol. The second-order valence-electron chi connectivity index (χ2n) is 6.61. The van der Waals surface area contributed by atoms with Crippen molar-refractivity contribution in [1.29, 1.82) is 0 Å². The molecule has 0 saturated carbocycles. The number of unbranched alkanes of at least 4 members (excludes halogenated alkanes) is 1. The molecule has 1 unspecified atom stereocenters. The highest BCUT2D eigenvalue weighted by Gasteiger charge is 2.50. The van der Waals surface area contributed by atoms with Gasteiger partial charge in [0.25, 0.3) is 0 Å². The Morgan fingerprint density at radius 2 is 2.15 bits per heavy atom. The SMILES string of the molecule is C#CCCCO[C@@H]1O[C@@H]2COC(c3ccccc3)O[C@@H]2[C@H](O)[C@H]1NC(C)=O. The molecule has 0 aromatic heterocycles. The molecule has 27 heavy (non-hydrogen) atoms. The predicted octanol–water partition coefficient (Wildman–Crippen LogP) is 1.12. The van der Waals surface area contributed by atoms with E-state index in [0.717, 1.165) is 5.56 Å². The lowest BCUT2D eigenvalue weighted by atomic mass is 9.95. The number of aliphatic hydroxyl groups excluding tert-OH is 1. The van der Waals surface area contributed by atoms with E-state index in [2.05, 4.69) is 11.2 Å². The minimum atomic E-state index is -1.000. The first-order chi connectivity index (χ1) is 13.1. The number of benzene rings is 1. The average Bonchev–Trinajstić information content (AvgIpc) is 2.68. The van der Waals surface area contributed by atoms with Crippen LogP contribution in [0.25, 0.3) is 0 Å². The van der Waals surface area contributed by atoms with E-state index in [9.17, 15) is 9.90 Å². The van der Waals surface area contributed by atoms with Crippen molar-refractivity contribution in [2.24, 2.45) is 0 Å². The fourth-order valence-electron chi connectivity index (χ4n) is 3.28. The number of aliphatic hydroxyl groups is 1. The Balaban J connectivity index is 1.69. The summed E-state index contributed by atoms with van der Waals surface area (Å²) in [7, 11) is 0. The Labute approximate surface area is 158 Å². The number of nitrogens with one attached hydrogen (secondary N) is 1. The zero-order valence-corrected chi connectivity index (χ0v) is 15.2. The first-order valence-corrected chi connectivity index (χ1v) is 9.08. The number of hydrogen-bond donors (Lipinski definition) is 2. The van der Waals surface area contributed by atoms with E-state index < -0.39 is 36.9 Å². The van der Waals surface area contributed by atoms with Crippen LogP contribution in [0.3, 0.4) is 0 Å². The number of terminal acetylenes is 1. The fourth-order valence-corrected chi connectivity index (χ4v) is 3.28. The molecule has 7 nitrogen and oxygen atoms in total. The van der Waals surface area contributed by atoms with Crippen molar-refractivity contribution in [3.8, 4) is 12.3 Å². The standard InChI is InChI=1S/C20H25NO6/c1-3-4-8-11-24-20-16(21-13(2)22)17(23)18-15(26-20)12-25-19(27-18)14-9-6-5-7-10-14/h1,5-7,9-10,15-20,23H,4,8,11-12H2,2H3,(H,21,22)/t15-,16-,17-,18+,19?,20-/m1/s1. The van der Waals surface area contributed by atoms with Crippen LogP contribution in [0.1, 0.15) is 31.6 Å². The van der Waals surface area contributed by atoms with Crippen molar-refractivity contribution >= 4 is 5.91 Å². The molecule has 7 heteroatoms. The van der Waals surface area contributed by atoms with Gasteiger partial charge in [-0.3, -0.25) is 4.79 Å². The maximum atomic E-state index is 11.6. The van der Waals surface area contributed by atoms with Crippen LogP contribution in [-0.2, 0) is 23.7 Å². The largest absolute Gasteiger partial charge is 0.388 e. The van der Waals surface area contributed by atoms with Gasteiger partial charge in [-0.15, -0.1) is 12.3 Å². The highest BCUT2D eigenvalue weighted by Crippen LogP contribution is 2.34. The van der Waals surface area contributed by atoms with Gasteiger partial charge in [-0.1, -0.05) is 30.3 Å². The van der Waals surface area contributed by atoms with Crippen LogP contribution in [0.5, 0.6) is 0 Å². The van der Waals surface area contributed by atoms with Crippen LogP contribution in [0.15, 0.2) is 30.3 Å². The summed E-state index contributed by atoms with van der Waals surface area (Å²) in [6.07, 6.45) is 2.94. The lowest BCUT2D eigenvalue weighted by Gasteiger charge is -2.47. The minimum Gasteiger partial charge on any atom is -0.388 e. The first kappa shape index (κ1) is 19.8. The molecule has 3 rings (SSSR count). The summed E-state index contributed by atoms with van der Waals surface area (Å²) < 4.78 is 23.4. The normalized spacial score (nSPS) is 32.9. The third-order valence-corrected chi connectivity index (χ3v) is 4.55.